The first-order valence-electron chi connectivity index (χ1n) is 3.64. The van der Waals surface area contributed by atoms with Crippen LogP contribution in [0.5, 0.6) is 0 Å². The summed E-state index contributed by atoms with van der Waals surface area (Å²) in [5.74, 6) is -1.40. The Bertz CT molecular complexity index is 413. The first kappa shape index (κ1) is 10.5. The summed E-state index contributed by atoms with van der Waals surface area (Å²) >= 11 is 4.38. The third-order valence-corrected chi connectivity index (χ3v) is 1.62. The molecule has 0 aliphatic rings. The lowest BCUT2D eigenvalue weighted by Gasteiger charge is -2.00. The van der Waals surface area contributed by atoms with Gasteiger partial charge in [-0.05, 0) is 30.4 Å². The van der Waals surface area contributed by atoms with Crippen LogP contribution in [0.3, 0.4) is 0 Å². The zero-order valence-electron chi connectivity index (χ0n) is 7.28. The van der Waals surface area contributed by atoms with E-state index in [0.717, 1.165) is 6.07 Å². The Hall–Kier alpha value is -1.58. The number of aliphatic imine (C=N–C) groups is 1. The van der Waals surface area contributed by atoms with E-state index in [1.165, 1.54) is 19.2 Å². The molecule has 5 heteroatoms. The summed E-state index contributed by atoms with van der Waals surface area (Å²) in [5, 5.41) is 2.12. The third-order valence-electron chi connectivity index (χ3n) is 1.53. The standard InChI is InChI=1S/C9H6FNO2S/c1-13-9(12)7-4-6(11-5-14)2-3-8(7)10/h2-4H,1H3. The number of esters is 1. The van der Waals surface area contributed by atoms with Gasteiger partial charge in [0, 0.05) is 0 Å². The van der Waals surface area contributed by atoms with E-state index in [1.807, 2.05) is 0 Å². The van der Waals surface area contributed by atoms with Crippen LogP contribution in [0.4, 0.5) is 10.1 Å². The second-order valence-corrected chi connectivity index (χ2v) is 2.54. The van der Waals surface area contributed by atoms with Crippen molar-refractivity contribution < 1.29 is 13.9 Å². The topological polar surface area (TPSA) is 38.7 Å². The van der Waals surface area contributed by atoms with Crippen molar-refractivity contribution in [3.63, 3.8) is 0 Å². The number of halogens is 1. The average molecular weight is 211 g/mol. The molecule has 0 radical (unpaired) electrons. The van der Waals surface area contributed by atoms with Crippen LogP contribution in [-0.4, -0.2) is 18.2 Å². The summed E-state index contributed by atoms with van der Waals surface area (Å²) in [4.78, 5) is 14.7. The van der Waals surface area contributed by atoms with Gasteiger partial charge in [-0.15, -0.1) is 0 Å². The number of ether oxygens (including phenoxy) is 1. The fourth-order valence-electron chi connectivity index (χ4n) is 0.902. The van der Waals surface area contributed by atoms with Gasteiger partial charge >= 0.3 is 5.97 Å². The maximum Gasteiger partial charge on any atom is 0.340 e. The van der Waals surface area contributed by atoms with Gasteiger partial charge in [0.15, 0.2) is 0 Å². The maximum atomic E-state index is 13.1. The fourth-order valence-corrected chi connectivity index (χ4v) is 1.01. The van der Waals surface area contributed by atoms with E-state index in [2.05, 4.69) is 27.1 Å². The fraction of sp³-hybridized carbons (Fsp3) is 0.111. The van der Waals surface area contributed by atoms with Crippen molar-refractivity contribution in [3.05, 3.63) is 29.6 Å². The minimum atomic E-state index is -0.746. The number of isothiocyanates is 1. The quantitative estimate of drug-likeness (QED) is 0.428. The lowest BCUT2D eigenvalue weighted by molar-refractivity contribution is 0.0595. The number of hydrogen-bond donors (Lipinski definition) is 0. The highest BCUT2D eigenvalue weighted by Gasteiger charge is 2.12. The van der Waals surface area contributed by atoms with E-state index in [9.17, 15) is 9.18 Å². The van der Waals surface area contributed by atoms with E-state index in [1.54, 1.807) is 0 Å². The molecule has 0 unspecified atom stereocenters. The normalized spacial score (nSPS) is 9.00. The third kappa shape index (κ3) is 2.22. The zero-order chi connectivity index (χ0) is 10.6. The summed E-state index contributed by atoms with van der Waals surface area (Å²) in [7, 11) is 1.18. The van der Waals surface area contributed by atoms with Gasteiger partial charge in [0.05, 0.1) is 23.5 Å². The number of carbonyl (C=O) groups excluding carboxylic acids is 1. The summed E-state index contributed by atoms with van der Waals surface area (Å²) in [6, 6.07) is 3.76. The predicted molar refractivity (Wildman–Crippen MR) is 52.4 cm³/mol. The molecule has 0 N–H and O–H groups in total. The highest BCUT2D eigenvalue weighted by Crippen LogP contribution is 2.17. The monoisotopic (exact) mass is 211 g/mol. The van der Waals surface area contributed by atoms with Crippen LogP contribution in [0, 0.1) is 5.82 Å². The van der Waals surface area contributed by atoms with Gasteiger partial charge in [0.25, 0.3) is 0 Å². The largest absolute Gasteiger partial charge is 0.465 e. The average Bonchev–Trinajstić information content (AvgIpc) is 2.20. The van der Waals surface area contributed by atoms with Crippen molar-refractivity contribution in [2.45, 2.75) is 0 Å². The molecule has 0 amide bonds. The highest BCUT2D eigenvalue weighted by molar-refractivity contribution is 7.78. The number of rotatable bonds is 2. The van der Waals surface area contributed by atoms with Crippen LogP contribution in [-0.2, 0) is 4.74 Å². The molecular formula is C9H6FNO2S. The SMILES string of the molecule is COC(=O)c1cc(N=C=S)ccc1F. The van der Waals surface area contributed by atoms with Gasteiger partial charge in [0.2, 0.25) is 0 Å². The summed E-state index contributed by atoms with van der Waals surface area (Å²) in [5.41, 5.74) is 0.195. The molecule has 0 aliphatic heterocycles. The second kappa shape index (κ2) is 4.60. The van der Waals surface area contributed by atoms with Crippen LogP contribution >= 0.6 is 12.2 Å². The molecule has 0 heterocycles. The van der Waals surface area contributed by atoms with Crippen molar-refractivity contribution in [2.24, 2.45) is 4.99 Å². The van der Waals surface area contributed by atoms with E-state index < -0.39 is 11.8 Å². The lowest BCUT2D eigenvalue weighted by Crippen LogP contribution is -2.03. The van der Waals surface area contributed by atoms with Crippen LogP contribution in [0.2, 0.25) is 0 Å². The van der Waals surface area contributed by atoms with Crippen LogP contribution in [0.25, 0.3) is 0 Å². The summed E-state index contributed by atoms with van der Waals surface area (Å²) in [6.07, 6.45) is 0. The van der Waals surface area contributed by atoms with Crippen LogP contribution in [0.1, 0.15) is 10.4 Å². The Morgan fingerprint density at radius 1 is 1.64 bits per heavy atom. The highest BCUT2D eigenvalue weighted by atomic mass is 32.1. The number of methoxy groups -OCH3 is 1. The van der Waals surface area contributed by atoms with Crippen molar-refractivity contribution >= 4 is 29.0 Å². The van der Waals surface area contributed by atoms with Crippen molar-refractivity contribution in [2.75, 3.05) is 7.11 Å². The van der Waals surface area contributed by atoms with Gasteiger partial charge in [-0.1, -0.05) is 0 Å². The molecule has 1 aromatic rings. The van der Waals surface area contributed by atoms with E-state index in [4.69, 9.17) is 0 Å². The number of hydrogen-bond acceptors (Lipinski definition) is 4. The van der Waals surface area contributed by atoms with Crippen molar-refractivity contribution in [1.82, 2.24) is 0 Å². The Morgan fingerprint density at radius 2 is 2.36 bits per heavy atom. The first-order valence-corrected chi connectivity index (χ1v) is 4.05. The zero-order valence-corrected chi connectivity index (χ0v) is 8.10. The minimum Gasteiger partial charge on any atom is -0.465 e. The van der Waals surface area contributed by atoms with Gasteiger partial charge in [0.1, 0.15) is 5.82 Å². The number of thiocarbonyl (C=S) groups is 1. The molecule has 0 aromatic heterocycles. The molecular weight excluding hydrogens is 205 g/mol. The smallest absolute Gasteiger partial charge is 0.340 e. The van der Waals surface area contributed by atoms with Gasteiger partial charge < -0.3 is 4.74 Å². The molecule has 14 heavy (non-hydrogen) atoms. The Morgan fingerprint density at radius 3 is 2.93 bits per heavy atom. The van der Waals surface area contributed by atoms with Crippen molar-refractivity contribution in [3.8, 4) is 0 Å². The minimum absolute atomic E-state index is 0.168. The van der Waals surface area contributed by atoms with Gasteiger partial charge in [-0.3, -0.25) is 0 Å². The summed E-state index contributed by atoms with van der Waals surface area (Å²) in [6.45, 7) is 0. The molecule has 0 fully saturated rings. The number of carbonyl (C=O) groups is 1. The summed E-state index contributed by atoms with van der Waals surface area (Å²) < 4.78 is 17.4. The predicted octanol–water partition coefficient (Wildman–Crippen LogP) is 2.35. The molecule has 1 rings (SSSR count). The molecule has 0 aliphatic carbocycles. The molecule has 3 nitrogen and oxygen atoms in total. The van der Waals surface area contributed by atoms with Gasteiger partial charge in [-0.2, -0.15) is 4.99 Å². The first-order chi connectivity index (χ1) is 6.69. The maximum absolute atomic E-state index is 13.1. The second-order valence-electron chi connectivity index (χ2n) is 2.36. The molecule has 0 saturated carbocycles. The van der Waals surface area contributed by atoms with Crippen LogP contribution in [0.15, 0.2) is 23.2 Å². The Balaban J connectivity index is 3.20. The van der Waals surface area contributed by atoms with Crippen LogP contribution < -0.4 is 0 Å². The lowest BCUT2D eigenvalue weighted by atomic mass is 10.2. The molecule has 0 saturated heterocycles. The van der Waals surface area contributed by atoms with E-state index in [0.29, 0.717) is 5.69 Å². The molecule has 0 spiro atoms. The van der Waals surface area contributed by atoms with E-state index >= 15 is 0 Å². The molecule has 1 aromatic carbocycles. The Labute approximate surface area is 85.2 Å². The van der Waals surface area contributed by atoms with E-state index in [-0.39, 0.29) is 5.56 Å². The number of nitrogens with zero attached hydrogens (tertiary/aromatic N) is 1. The molecule has 0 atom stereocenters. The molecule has 72 valence electrons. The van der Waals surface area contributed by atoms with Gasteiger partial charge in [-0.25, -0.2) is 9.18 Å². The Kier molecular flexibility index (Phi) is 3.45. The number of benzene rings is 1. The molecule has 0 bridgehead atoms. The van der Waals surface area contributed by atoms with Crippen molar-refractivity contribution in [1.29, 1.82) is 0 Å².